The van der Waals surface area contributed by atoms with Crippen molar-refractivity contribution in [3.8, 4) is 0 Å². The van der Waals surface area contributed by atoms with E-state index in [4.69, 9.17) is 5.73 Å². The average Bonchev–Trinajstić information content (AvgIpc) is 2.40. The number of benzene rings is 1. The van der Waals surface area contributed by atoms with Gasteiger partial charge in [0.05, 0.1) is 5.56 Å². The van der Waals surface area contributed by atoms with Crippen LogP contribution in [0.2, 0.25) is 0 Å². The molecule has 1 aromatic rings. The van der Waals surface area contributed by atoms with Crippen LogP contribution in [0.3, 0.4) is 0 Å². The van der Waals surface area contributed by atoms with Crippen LogP contribution < -0.4 is 11.1 Å². The first-order chi connectivity index (χ1) is 8.66. The van der Waals surface area contributed by atoms with Crippen molar-refractivity contribution in [1.29, 1.82) is 0 Å². The number of carbonyl (C=O) groups is 1. The Morgan fingerprint density at radius 3 is 3.00 bits per heavy atom. The molecule has 0 fully saturated rings. The Hall–Kier alpha value is -1.29. The molecule has 96 valence electrons. The summed E-state index contributed by atoms with van der Waals surface area (Å²) in [6.45, 7) is 0.727. The van der Waals surface area contributed by atoms with Crippen LogP contribution in [0, 0.1) is 5.92 Å². The third kappa shape index (κ3) is 3.35. The molecule has 1 amide bonds. The van der Waals surface area contributed by atoms with Gasteiger partial charge in [0.2, 0.25) is 0 Å². The van der Waals surface area contributed by atoms with Crippen molar-refractivity contribution in [2.75, 3.05) is 12.3 Å². The lowest BCUT2D eigenvalue weighted by Gasteiger charge is -2.18. The Labute approximate surface area is 116 Å². The summed E-state index contributed by atoms with van der Waals surface area (Å²) in [4.78, 5) is 12.0. The molecular formula is C14H17BrN2O. The molecule has 3 N–H and O–H groups in total. The molecule has 0 bridgehead atoms. The lowest BCUT2D eigenvalue weighted by Crippen LogP contribution is -2.30. The number of nitrogen functional groups attached to an aromatic ring is 1. The number of carbonyl (C=O) groups excluding carboxylic acids is 1. The minimum atomic E-state index is -0.0660. The van der Waals surface area contributed by atoms with Crippen molar-refractivity contribution in [2.24, 2.45) is 5.92 Å². The van der Waals surface area contributed by atoms with Crippen LogP contribution in [0.15, 0.2) is 34.8 Å². The summed E-state index contributed by atoms with van der Waals surface area (Å²) in [5, 5.41) is 2.98. The first-order valence-corrected chi connectivity index (χ1v) is 6.94. The summed E-state index contributed by atoms with van der Waals surface area (Å²) in [7, 11) is 0. The molecule has 1 aliphatic rings. The molecule has 0 saturated heterocycles. The minimum Gasteiger partial charge on any atom is -0.399 e. The smallest absolute Gasteiger partial charge is 0.252 e. The highest BCUT2D eigenvalue weighted by Gasteiger charge is 2.14. The van der Waals surface area contributed by atoms with E-state index in [1.54, 1.807) is 18.2 Å². The summed E-state index contributed by atoms with van der Waals surface area (Å²) in [5.41, 5.74) is 6.89. The molecule has 1 atom stereocenters. The van der Waals surface area contributed by atoms with Crippen molar-refractivity contribution < 1.29 is 4.79 Å². The monoisotopic (exact) mass is 308 g/mol. The maximum atomic E-state index is 12.0. The van der Waals surface area contributed by atoms with Gasteiger partial charge >= 0.3 is 0 Å². The summed E-state index contributed by atoms with van der Waals surface area (Å²) in [5.74, 6) is 0.488. The number of allylic oxidation sites excluding steroid dienone is 2. The molecule has 1 aromatic carbocycles. The number of hydrogen-bond donors (Lipinski definition) is 2. The van der Waals surface area contributed by atoms with E-state index in [1.165, 1.54) is 0 Å². The zero-order chi connectivity index (χ0) is 13.0. The summed E-state index contributed by atoms with van der Waals surface area (Å²) < 4.78 is 0.776. The Bertz CT molecular complexity index is 471. The second kappa shape index (κ2) is 6.05. The van der Waals surface area contributed by atoms with Gasteiger partial charge in [-0.15, -0.1) is 0 Å². The first kappa shape index (κ1) is 13.1. The molecule has 2 rings (SSSR count). The lowest BCUT2D eigenvalue weighted by molar-refractivity contribution is 0.0945. The molecule has 3 nitrogen and oxygen atoms in total. The molecule has 0 heterocycles. The predicted octanol–water partition coefficient (Wildman–Crippen LogP) is 3.12. The number of rotatable bonds is 3. The van der Waals surface area contributed by atoms with Gasteiger partial charge in [-0.2, -0.15) is 0 Å². The second-order valence-electron chi connectivity index (χ2n) is 4.60. The number of nitrogens with one attached hydrogen (secondary N) is 1. The third-order valence-electron chi connectivity index (χ3n) is 3.16. The quantitative estimate of drug-likeness (QED) is 0.666. The van der Waals surface area contributed by atoms with Crippen LogP contribution in [0.25, 0.3) is 0 Å². The fraction of sp³-hybridized carbons (Fsp3) is 0.357. The number of halogens is 1. The third-order valence-corrected chi connectivity index (χ3v) is 3.86. The van der Waals surface area contributed by atoms with Crippen LogP contribution in [0.5, 0.6) is 0 Å². The van der Waals surface area contributed by atoms with Crippen molar-refractivity contribution in [1.82, 2.24) is 5.32 Å². The SMILES string of the molecule is Nc1ccc(Br)c(C(=O)NCC2CC=CCC2)c1. The lowest BCUT2D eigenvalue weighted by atomic mass is 9.94. The Morgan fingerprint density at radius 1 is 1.44 bits per heavy atom. The van der Waals surface area contributed by atoms with E-state index in [0.29, 0.717) is 17.2 Å². The Balaban J connectivity index is 1.95. The van der Waals surface area contributed by atoms with Gasteiger partial charge < -0.3 is 11.1 Å². The van der Waals surface area contributed by atoms with Gasteiger partial charge in [0.15, 0.2) is 0 Å². The molecule has 0 spiro atoms. The average molecular weight is 309 g/mol. The molecule has 0 aliphatic heterocycles. The number of amides is 1. The summed E-state index contributed by atoms with van der Waals surface area (Å²) >= 11 is 3.37. The zero-order valence-electron chi connectivity index (χ0n) is 10.2. The highest BCUT2D eigenvalue weighted by Crippen LogP contribution is 2.20. The van der Waals surface area contributed by atoms with Crippen LogP contribution in [0.4, 0.5) is 5.69 Å². The van der Waals surface area contributed by atoms with Gasteiger partial charge in [-0.3, -0.25) is 4.79 Å². The minimum absolute atomic E-state index is 0.0660. The molecule has 1 unspecified atom stereocenters. The molecule has 4 heteroatoms. The highest BCUT2D eigenvalue weighted by molar-refractivity contribution is 9.10. The second-order valence-corrected chi connectivity index (χ2v) is 5.45. The van der Waals surface area contributed by atoms with Crippen LogP contribution >= 0.6 is 15.9 Å². The largest absolute Gasteiger partial charge is 0.399 e. The fourth-order valence-electron chi connectivity index (χ4n) is 2.09. The van der Waals surface area contributed by atoms with E-state index in [0.717, 1.165) is 30.3 Å². The Morgan fingerprint density at radius 2 is 2.28 bits per heavy atom. The molecule has 0 saturated carbocycles. The molecule has 0 radical (unpaired) electrons. The van der Waals surface area contributed by atoms with E-state index in [-0.39, 0.29) is 5.91 Å². The normalized spacial score (nSPS) is 18.6. The molecule has 1 aliphatic carbocycles. The van der Waals surface area contributed by atoms with Crippen LogP contribution in [0.1, 0.15) is 29.6 Å². The van der Waals surface area contributed by atoms with Crippen molar-refractivity contribution in [3.05, 3.63) is 40.4 Å². The van der Waals surface area contributed by atoms with Gasteiger partial charge in [-0.1, -0.05) is 12.2 Å². The summed E-state index contributed by atoms with van der Waals surface area (Å²) in [6, 6.07) is 5.26. The van der Waals surface area contributed by atoms with E-state index in [2.05, 4.69) is 33.4 Å². The van der Waals surface area contributed by atoms with Crippen molar-refractivity contribution in [2.45, 2.75) is 19.3 Å². The molecular weight excluding hydrogens is 292 g/mol. The topological polar surface area (TPSA) is 55.1 Å². The number of hydrogen-bond acceptors (Lipinski definition) is 2. The zero-order valence-corrected chi connectivity index (χ0v) is 11.7. The summed E-state index contributed by atoms with van der Waals surface area (Å²) in [6.07, 6.45) is 7.71. The van der Waals surface area contributed by atoms with Crippen molar-refractivity contribution >= 4 is 27.5 Å². The maximum Gasteiger partial charge on any atom is 0.252 e. The Kier molecular flexibility index (Phi) is 4.42. The molecule has 0 aromatic heterocycles. The van der Waals surface area contributed by atoms with E-state index >= 15 is 0 Å². The first-order valence-electron chi connectivity index (χ1n) is 6.15. The van der Waals surface area contributed by atoms with Crippen LogP contribution in [-0.2, 0) is 0 Å². The van der Waals surface area contributed by atoms with Gasteiger partial charge in [0, 0.05) is 16.7 Å². The van der Waals surface area contributed by atoms with Gasteiger partial charge in [-0.05, 0) is 59.3 Å². The van der Waals surface area contributed by atoms with Crippen LogP contribution in [-0.4, -0.2) is 12.5 Å². The fourth-order valence-corrected chi connectivity index (χ4v) is 2.52. The highest BCUT2D eigenvalue weighted by atomic mass is 79.9. The molecule has 18 heavy (non-hydrogen) atoms. The van der Waals surface area contributed by atoms with E-state index < -0.39 is 0 Å². The van der Waals surface area contributed by atoms with Crippen molar-refractivity contribution in [3.63, 3.8) is 0 Å². The standard InChI is InChI=1S/C14H17BrN2O/c15-13-7-6-11(16)8-12(13)14(18)17-9-10-4-2-1-3-5-10/h1-2,6-8,10H,3-5,9,16H2,(H,17,18). The predicted molar refractivity (Wildman–Crippen MR) is 77.4 cm³/mol. The number of nitrogens with two attached hydrogens (primary N) is 1. The number of anilines is 1. The van der Waals surface area contributed by atoms with E-state index in [9.17, 15) is 4.79 Å². The van der Waals surface area contributed by atoms with Gasteiger partial charge in [0.25, 0.3) is 5.91 Å². The van der Waals surface area contributed by atoms with Gasteiger partial charge in [0.1, 0.15) is 0 Å². The van der Waals surface area contributed by atoms with Gasteiger partial charge in [-0.25, -0.2) is 0 Å². The maximum absolute atomic E-state index is 12.0. The van der Waals surface area contributed by atoms with E-state index in [1.807, 2.05) is 0 Å².